The minimum atomic E-state index is -0.437. The van der Waals surface area contributed by atoms with Crippen molar-refractivity contribution < 1.29 is 9.53 Å². The van der Waals surface area contributed by atoms with Gasteiger partial charge in [-0.15, -0.1) is 12.4 Å². The van der Waals surface area contributed by atoms with Crippen LogP contribution in [-0.2, 0) is 11.3 Å². The van der Waals surface area contributed by atoms with Crippen LogP contribution in [0.3, 0.4) is 0 Å². The summed E-state index contributed by atoms with van der Waals surface area (Å²) in [7, 11) is 1.78. The van der Waals surface area contributed by atoms with Crippen molar-refractivity contribution in [3.8, 4) is 5.75 Å². The van der Waals surface area contributed by atoms with Gasteiger partial charge in [0.05, 0.1) is 12.6 Å². The number of carbonyl (C=O) groups excluding carboxylic acids is 1. The first-order chi connectivity index (χ1) is 8.95. The highest BCUT2D eigenvalue weighted by Gasteiger charge is 2.20. The first kappa shape index (κ1) is 18.7. The van der Waals surface area contributed by atoms with Crippen LogP contribution in [0.25, 0.3) is 0 Å². The second-order valence-electron chi connectivity index (χ2n) is 5.04. The van der Waals surface area contributed by atoms with Gasteiger partial charge in [0.15, 0.2) is 0 Å². The van der Waals surface area contributed by atoms with Crippen LogP contribution >= 0.6 is 12.4 Å². The van der Waals surface area contributed by atoms with E-state index in [1.54, 1.807) is 11.9 Å². The predicted octanol–water partition coefficient (Wildman–Crippen LogP) is 2.45. The van der Waals surface area contributed by atoms with E-state index in [1.165, 1.54) is 0 Å². The third-order valence-corrected chi connectivity index (χ3v) is 3.03. The average Bonchev–Trinajstić information content (AvgIpc) is 2.39. The van der Waals surface area contributed by atoms with Crippen molar-refractivity contribution in [1.29, 1.82) is 0 Å². The lowest BCUT2D eigenvalue weighted by Gasteiger charge is -2.23. The van der Waals surface area contributed by atoms with E-state index in [0.717, 1.165) is 11.3 Å². The van der Waals surface area contributed by atoms with Gasteiger partial charge in [-0.3, -0.25) is 4.79 Å². The highest BCUT2D eigenvalue weighted by Crippen LogP contribution is 2.14. The molecule has 2 N–H and O–H groups in total. The molecule has 0 unspecified atom stereocenters. The number of likely N-dealkylation sites (N-methyl/N-ethyl adjacent to an activating group) is 1. The number of benzene rings is 1. The van der Waals surface area contributed by atoms with Crippen molar-refractivity contribution in [2.24, 2.45) is 11.7 Å². The van der Waals surface area contributed by atoms with Gasteiger partial charge in [0.1, 0.15) is 5.75 Å². The molecule has 1 amide bonds. The molecule has 0 spiro atoms. The van der Waals surface area contributed by atoms with Crippen molar-refractivity contribution in [2.45, 2.75) is 33.4 Å². The first-order valence-corrected chi connectivity index (χ1v) is 6.68. The molecular weight excluding hydrogens is 276 g/mol. The van der Waals surface area contributed by atoms with Crippen molar-refractivity contribution >= 4 is 18.3 Å². The van der Waals surface area contributed by atoms with Gasteiger partial charge in [0.25, 0.3) is 0 Å². The fraction of sp³-hybridized carbons (Fsp3) is 0.533. The Morgan fingerprint density at radius 2 is 1.85 bits per heavy atom. The molecule has 20 heavy (non-hydrogen) atoms. The Morgan fingerprint density at radius 3 is 2.30 bits per heavy atom. The number of ether oxygens (including phenoxy) is 1. The van der Waals surface area contributed by atoms with Crippen LogP contribution in [-0.4, -0.2) is 30.5 Å². The maximum absolute atomic E-state index is 12.0. The Balaban J connectivity index is 0.00000361. The second-order valence-corrected chi connectivity index (χ2v) is 5.04. The van der Waals surface area contributed by atoms with Gasteiger partial charge in [-0.2, -0.15) is 0 Å². The highest BCUT2D eigenvalue weighted by molar-refractivity contribution is 5.85. The molecule has 0 aliphatic carbocycles. The van der Waals surface area contributed by atoms with Crippen molar-refractivity contribution in [1.82, 2.24) is 4.90 Å². The fourth-order valence-corrected chi connectivity index (χ4v) is 1.75. The molecule has 0 heterocycles. The lowest BCUT2D eigenvalue weighted by atomic mass is 10.0. The summed E-state index contributed by atoms with van der Waals surface area (Å²) in [5.74, 6) is 0.971. The summed E-state index contributed by atoms with van der Waals surface area (Å²) >= 11 is 0. The number of amides is 1. The molecule has 0 aliphatic rings. The molecule has 0 saturated heterocycles. The number of nitrogens with two attached hydrogens (primary N) is 1. The highest BCUT2D eigenvalue weighted by atomic mass is 35.5. The van der Waals surface area contributed by atoms with E-state index in [4.69, 9.17) is 10.5 Å². The van der Waals surface area contributed by atoms with Gasteiger partial charge in [-0.05, 0) is 30.5 Å². The predicted molar refractivity (Wildman–Crippen MR) is 84.1 cm³/mol. The SMILES string of the molecule is CCOc1ccc(CN(C)C(=O)[C@@H](N)C(C)C)cc1.Cl. The minimum absolute atomic E-state index is 0. The zero-order valence-corrected chi connectivity index (χ0v) is 13.4. The number of halogens is 1. The summed E-state index contributed by atoms with van der Waals surface area (Å²) < 4.78 is 5.38. The van der Waals surface area contributed by atoms with Crippen LogP contribution in [0, 0.1) is 5.92 Å². The Bertz CT molecular complexity index is 407. The molecule has 0 aromatic heterocycles. The number of nitrogens with zero attached hydrogens (tertiary/aromatic N) is 1. The van der Waals surface area contributed by atoms with Crippen molar-refractivity contribution in [3.63, 3.8) is 0 Å². The average molecular weight is 301 g/mol. The minimum Gasteiger partial charge on any atom is -0.494 e. The zero-order valence-electron chi connectivity index (χ0n) is 12.6. The summed E-state index contributed by atoms with van der Waals surface area (Å²) in [6.45, 7) is 7.07. The molecule has 0 aliphatic heterocycles. The maximum atomic E-state index is 12.0. The topological polar surface area (TPSA) is 55.6 Å². The van der Waals surface area contributed by atoms with Gasteiger partial charge in [-0.1, -0.05) is 26.0 Å². The Labute approximate surface area is 127 Å². The Morgan fingerprint density at radius 1 is 1.30 bits per heavy atom. The van der Waals surface area contributed by atoms with Crippen LogP contribution < -0.4 is 10.5 Å². The summed E-state index contributed by atoms with van der Waals surface area (Å²) in [5.41, 5.74) is 6.93. The van der Waals surface area contributed by atoms with Crippen LogP contribution in [0.1, 0.15) is 26.3 Å². The zero-order chi connectivity index (χ0) is 14.4. The van der Waals surface area contributed by atoms with E-state index in [1.807, 2.05) is 45.0 Å². The van der Waals surface area contributed by atoms with E-state index < -0.39 is 6.04 Å². The molecule has 5 heteroatoms. The number of rotatable bonds is 6. The van der Waals surface area contributed by atoms with E-state index in [2.05, 4.69) is 0 Å². The third kappa shape index (κ3) is 5.39. The Kier molecular flexibility index (Phi) is 8.26. The summed E-state index contributed by atoms with van der Waals surface area (Å²) in [6.07, 6.45) is 0. The lowest BCUT2D eigenvalue weighted by molar-refractivity contribution is -0.132. The number of hydrogen-bond donors (Lipinski definition) is 1. The van der Waals surface area contributed by atoms with E-state index in [-0.39, 0.29) is 24.2 Å². The van der Waals surface area contributed by atoms with E-state index >= 15 is 0 Å². The summed E-state index contributed by atoms with van der Waals surface area (Å²) in [4.78, 5) is 13.7. The Hall–Kier alpha value is -1.26. The molecule has 0 fully saturated rings. The third-order valence-electron chi connectivity index (χ3n) is 3.03. The quantitative estimate of drug-likeness (QED) is 0.878. The van der Waals surface area contributed by atoms with Crippen LogP contribution in [0.4, 0.5) is 0 Å². The summed E-state index contributed by atoms with van der Waals surface area (Å²) in [5, 5.41) is 0. The second kappa shape index (κ2) is 8.82. The van der Waals surface area contributed by atoms with Gasteiger partial charge < -0.3 is 15.4 Å². The van der Waals surface area contributed by atoms with Crippen LogP contribution in [0.15, 0.2) is 24.3 Å². The lowest BCUT2D eigenvalue weighted by Crippen LogP contribution is -2.44. The standard InChI is InChI=1S/C15H24N2O2.ClH/c1-5-19-13-8-6-12(7-9-13)10-17(4)15(18)14(16)11(2)3;/h6-9,11,14H,5,10,16H2,1-4H3;1H/t14-;/m0./s1. The monoisotopic (exact) mass is 300 g/mol. The molecule has 1 aromatic carbocycles. The molecule has 1 aromatic rings. The van der Waals surface area contributed by atoms with Crippen molar-refractivity contribution in [3.05, 3.63) is 29.8 Å². The van der Waals surface area contributed by atoms with Gasteiger partial charge in [-0.25, -0.2) is 0 Å². The van der Waals surface area contributed by atoms with Gasteiger partial charge >= 0.3 is 0 Å². The number of carbonyl (C=O) groups is 1. The molecule has 0 radical (unpaired) electrons. The van der Waals surface area contributed by atoms with Crippen LogP contribution in [0.5, 0.6) is 5.75 Å². The smallest absolute Gasteiger partial charge is 0.239 e. The molecule has 114 valence electrons. The van der Waals surface area contributed by atoms with Gasteiger partial charge in [0, 0.05) is 13.6 Å². The molecule has 0 saturated carbocycles. The van der Waals surface area contributed by atoms with E-state index in [0.29, 0.717) is 13.2 Å². The maximum Gasteiger partial charge on any atom is 0.239 e. The molecule has 0 bridgehead atoms. The molecule has 4 nitrogen and oxygen atoms in total. The molecule has 1 rings (SSSR count). The number of hydrogen-bond acceptors (Lipinski definition) is 3. The fourth-order valence-electron chi connectivity index (χ4n) is 1.75. The largest absolute Gasteiger partial charge is 0.494 e. The molecular formula is C15H25ClN2O2. The van der Waals surface area contributed by atoms with Crippen LogP contribution in [0.2, 0.25) is 0 Å². The van der Waals surface area contributed by atoms with E-state index in [9.17, 15) is 4.79 Å². The summed E-state index contributed by atoms with van der Waals surface area (Å²) in [6, 6.07) is 7.33. The normalized spacial score (nSPS) is 11.7. The first-order valence-electron chi connectivity index (χ1n) is 6.68. The van der Waals surface area contributed by atoms with Crippen molar-refractivity contribution in [2.75, 3.05) is 13.7 Å². The van der Waals surface area contributed by atoms with Gasteiger partial charge in [0.2, 0.25) is 5.91 Å². The molecule has 1 atom stereocenters.